The largest absolute Gasteiger partial charge is 0.491 e. The number of carbonyl (C=O) groups excluding carboxylic acids is 1. The first-order chi connectivity index (χ1) is 11.5. The van der Waals surface area contributed by atoms with Gasteiger partial charge in [0.2, 0.25) is 5.76 Å². The van der Waals surface area contributed by atoms with E-state index in [0.717, 1.165) is 25.3 Å². The van der Waals surface area contributed by atoms with Crippen molar-refractivity contribution in [2.75, 3.05) is 13.1 Å². The van der Waals surface area contributed by atoms with Gasteiger partial charge in [-0.25, -0.2) is 8.78 Å². The molecule has 2 heterocycles. The molecule has 1 aliphatic carbocycles. The molecule has 2 fully saturated rings. The number of nitrogens with zero attached hydrogens (tertiary/aromatic N) is 2. The Morgan fingerprint density at radius 2 is 2.12 bits per heavy atom. The molecule has 7 heteroatoms. The Morgan fingerprint density at radius 1 is 1.33 bits per heavy atom. The maximum Gasteiger partial charge on any atom is 0.292 e. The highest BCUT2D eigenvalue weighted by Gasteiger charge is 2.53. The number of aromatic nitrogens is 1. The van der Waals surface area contributed by atoms with E-state index in [1.54, 1.807) is 4.90 Å². The molecule has 1 N–H and O–H groups in total. The monoisotopic (exact) mass is 334 g/mol. The lowest BCUT2D eigenvalue weighted by atomic mass is 9.61. The molecule has 0 radical (unpaired) electrons. The third-order valence-corrected chi connectivity index (χ3v) is 5.33. The van der Waals surface area contributed by atoms with Gasteiger partial charge >= 0.3 is 0 Å². The molecular weight excluding hydrogens is 318 g/mol. The number of likely N-dealkylation sites (tertiary alicyclic amines) is 1. The van der Waals surface area contributed by atoms with Crippen LogP contribution in [0.25, 0.3) is 0 Å². The van der Waals surface area contributed by atoms with E-state index in [-0.39, 0.29) is 28.9 Å². The zero-order chi connectivity index (χ0) is 16.9. The van der Waals surface area contributed by atoms with E-state index >= 15 is 0 Å². The molecule has 1 saturated heterocycles. The van der Waals surface area contributed by atoms with Crippen molar-refractivity contribution < 1.29 is 23.2 Å². The smallest absolute Gasteiger partial charge is 0.292 e. The van der Waals surface area contributed by atoms with Crippen molar-refractivity contribution in [2.45, 2.75) is 25.2 Å². The van der Waals surface area contributed by atoms with E-state index in [0.29, 0.717) is 18.7 Å². The first-order valence-electron chi connectivity index (χ1n) is 7.88. The number of carbonyl (C=O) groups is 1. The van der Waals surface area contributed by atoms with E-state index in [9.17, 15) is 18.7 Å². The molecule has 1 aliphatic heterocycles. The summed E-state index contributed by atoms with van der Waals surface area (Å²) in [7, 11) is 0. The summed E-state index contributed by atoms with van der Waals surface area (Å²) in [4.78, 5) is 14.1. The average Bonchev–Trinajstić information content (AvgIpc) is 3.10. The fraction of sp³-hybridized carbons (Fsp3) is 0.412. The second kappa shape index (κ2) is 5.29. The van der Waals surface area contributed by atoms with Gasteiger partial charge in [-0.05, 0) is 35.0 Å². The van der Waals surface area contributed by atoms with Crippen LogP contribution in [0.5, 0.6) is 5.88 Å². The summed E-state index contributed by atoms with van der Waals surface area (Å²) in [5, 5.41) is 12.5. The Bertz CT molecular complexity index is 801. The quantitative estimate of drug-likeness (QED) is 0.916. The SMILES string of the molecule is O=C(c1cc(O)no1)N1C[C@H](c2ccc(F)cc2F)C2(CCC2)C1. The lowest BCUT2D eigenvalue weighted by Crippen LogP contribution is -2.37. The molecule has 5 nitrogen and oxygen atoms in total. The van der Waals surface area contributed by atoms with Gasteiger partial charge < -0.3 is 14.5 Å². The Labute approximate surface area is 136 Å². The van der Waals surface area contributed by atoms with Gasteiger partial charge in [0.25, 0.3) is 11.8 Å². The molecule has 126 valence electrons. The van der Waals surface area contributed by atoms with Gasteiger partial charge in [-0.1, -0.05) is 12.5 Å². The van der Waals surface area contributed by atoms with Crippen molar-refractivity contribution in [1.82, 2.24) is 10.1 Å². The Balaban J connectivity index is 1.64. The molecule has 1 aromatic carbocycles. The number of hydrogen-bond donors (Lipinski definition) is 1. The summed E-state index contributed by atoms with van der Waals surface area (Å²) in [6.45, 7) is 0.831. The number of hydrogen-bond acceptors (Lipinski definition) is 4. The first-order valence-corrected chi connectivity index (χ1v) is 7.88. The normalized spacial score (nSPS) is 21.9. The lowest BCUT2D eigenvalue weighted by Gasteiger charge is -2.43. The van der Waals surface area contributed by atoms with Gasteiger partial charge in [0.1, 0.15) is 11.6 Å². The van der Waals surface area contributed by atoms with Crippen molar-refractivity contribution in [1.29, 1.82) is 0 Å². The molecule has 1 atom stereocenters. The molecule has 24 heavy (non-hydrogen) atoms. The second-order valence-electron chi connectivity index (χ2n) is 6.67. The third-order valence-electron chi connectivity index (χ3n) is 5.33. The van der Waals surface area contributed by atoms with Gasteiger partial charge in [-0.15, -0.1) is 0 Å². The molecule has 1 spiro atoms. The van der Waals surface area contributed by atoms with E-state index in [4.69, 9.17) is 4.52 Å². The standard InChI is InChI=1S/C17H16F2N2O3/c18-10-2-3-11(13(19)6-10)12-8-21(9-17(12)4-1-5-17)16(23)14-7-15(22)20-24-14/h2-3,6-7,12H,1,4-5,8-9H2,(H,20,22)/t12-/m1/s1. The van der Waals surface area contributed by atoms with E-state index in [2.05, 4.69) is 5.16 Å². The van der Waals surface area contributed by atoms with Crippen molar-refractivity contribution >= 4 is 5.91 Å². The molecule has 2 aliphatic rings. The summed E-state index contributed by atoms with van der Waals surface area (Å²) in [6.07, 6.45) is 2.84. The molecule has 4 rings (SSSR count). The number of benzene rings is 1. The highest BCUT2D eigenvalue weighted by Crippen LogP contribution is 2.56. The van der Waals surface area contributed by atoms with E-state index in [1.165, 1.54) is 18.2 Å². The van der Waals surface area contributed by atoms with Crippen molar-refractivity contribution in [2.24, 2.45) is 5.41 Å². The van der Waals surface area contributed by atoms with Crippen LogP contribution in [0.15, 0.2) is 28.8 Å². The minimum atomic E-state index is -0.609. The number of amides is 1. The minimum absolute atomic E-state index is 0.0396. The van der Waals surface area contributed by atoms with Crippen LogP contribution in [-0.2, 0) is 0 Å². The van der Waals surface area contributed by atoms with Gasteiger partial charge in [0, 0.05) is 25.1 Å². The third kappa shape index (κ3) is 2.26. The van der Waals surface area contributed by atoms with Crippen molar-refractivity contribution in [3.05, 3.63) is 47.2 Å². The molecule has 1 amide bonds. The zero-order valence-corrected chi connectivity index (χ0v) is 12.8. The number of halogens is 2. The van der Waals surface area contributed by atoms with Crippen LogP contribution >= 0.6 is 0 Å². The minimum Gasteiger partial charge on any atom is -0.491 e. The molecule has 0 unspecified atom stereocenters. The van der Waals surface area contributed by atoms with Crippen LogP contribution in [0.2, 0.25) is 0 Å². The zero-order valence-electron chi connectivity index (χ0n) is 12.8. The summed E-state index contributed by atoms with van der Waals surface area (Å²) >= 11 is 0. The maximum absolute atomic E-state index is 14.3. The van der Waals surface area contributed by atoms with E-state index in [1.807, 2.05) is 0 Å². The predicted molar refractivity (Wildman–Crippen MR) is 79.5 cm³/mol. The fourth-order valence-corrected chi connectivity index (χ4v) is 4.00. The Hall–Kier alpha value is -2.44. The van der Waals surface area contributed by atoms with Crippen LogP contribution in [0.1, 0.15) is 41.3 Å². The molecule has 1 aromatic heterocycles. The fourth-order valence-electron chi connectivity index (χ4n) is 4.00. The molecular formula is C17H16F2N2O3. The highest BCUT2D eigenvalue weighted by atomic mass is 19.1. The predicted octanol–water partition coefficient (Wildman–Crippen LogP) is 3.07. The van der Waals surface area contributed by atoms with Crippen LogP contribution in [0.3, 0.4) is 0 Å². The summed E-state index contributed by atoms with van der Waals surface area (Å²) in [5.41, 5.74) is 0.281. The first kappa shape index (κ1) is 15.1. The van der Waals surface area contributed by atoms with Crippen LogP contribution in [-0.4, -0.2) is 34.2 Å². The van der Waals surface area contributed by atoms with Gasteiger partial charge in [0.05, 0.1) is 6.07 Å². The maximum atomic E-state index is 14.3. The van der Waals surface area contributed by atoms with Gasteiger partial charge in [-0.2, -0.15) is 0 Å². The summed E-state index contributed by atoms with van der Waals surface area (Å²) in [5.74, 6) is -2.12. The van der Waals surface area contributed by atoms with Gasteiger partial charge in [-0.3, -0.25) is 4.79 Å². The molecule has 1 saturated carbocycles. The average molecular weight is 334 g/mol. The summed E-state index contributed by atoms with van der Waals surface area (Å²) < 4.78 is 32.3. The number of aromatic hydroxyl groups is 1. The number of rotatable bonds is 2. The highest BCUT2D eigenvalue weighted by molar-refractivity contribution is 5.92. The Morgan fingerprint density at radius 3 is 2.71 bits per heavy atom. The molecule has 0 bridgehead atoms. The second-order valence-corrected chi connectivity index (χ2v) is 6.67. The summed E-state index contributed by atoms with van der Waals surface area (Å²) in [6, 6.07) is 4.79. The van der Waals surface area contributed by atoms with Crippen LogP contribution in [0.4, 0.5) is 8.78 Å². The van der Waals surface area contributed by atoms with Crippen LogP contribution < -0.4 is 0 Å². The van der Waals surface area contributed by atoms with Gasteiger partial charge in [0.15, 0.2) is 0 Å². The van der Waals surface area contributed by atoms with Crippen LogP contribution in [0, 0.1) is 17.0 Å². The van der Waals surface area contributed by atoms with Crippen molar-refractivity contribution in [3.63, 3.8) is 0 Å². The topological polar surface area (TPSA) is 66.6 Å². The van der Waals surface area contributed by atoms with E-state index < -0.39 is 11.6 Å². The Kier molecular flexibility index (Phi) is 3.33. The lowest BCUT2D eigenvalue weighted by molar-refractivity contribution is 0.0686. The van der Waals surface area contributed by atoms with Crippen molar-refractivity contribution in [3.8, 4) is 5.88 Å². The molecule has 2 aromatic rings.